The number of hydrogen-bond donors (Lipinski definition) is 1. The second-order valence-corrected chi connectivity index (χ2v) is 3.60. The fraction of sp³-hybridized carbons (Fsp3) is 0.545. The first-order valence-electron chi connectivity index (χ1n) is 5.16. The van der Waals surface area contributed by atoms with Gasteiger partial charge in [-0.25, -0.2) is 0 Å². The zero-order valence-corrected chi connectivity index (χ0v) is 8.28. The van der Waals surface area contributed by atoms with Crippen molar-refractivity contribution in [2.75, 3.05) is 19.7 Å². The van der Waals surface area contributed by atoms with Crippen molar-refractivity contribution >= 4 is 0 Å². The standard InChI is InChI=1S/C11H16N2O/c1-2-10(8-12-5-1)3-4-11-9-13-6-7-14-11/h1-2,5,8,11,13H,3-4,6-7,9H2/t11-/m0/s1. The van der Waals surface area contributed by atoms with Crippen molar-refractivity contribution in [2.24, 2.45) is 0 Å². The van der Waals surface area contributed by atoms with E-state index >= 15 is 0 Å². The van der Waals surface area contributed by atoms with Gasteiger partial charge < -0.3 is 10.1 Å². The Morgan fingerprint density at radius 1 is 1.57 bits per heavy atom. The van der Waals surface area contributed by atoms with E-state index in [2.05, 4.69) is 16.4 Å². The van der Waals surface area contributed by atoms with Gasteiger partial charge in [-0.3, -0.25) is 4.98 Å². The van der Waals surface area contributed by atoms with Crippen LogP contribution in [0.2, 0.25) is 0 Å². The third-order valence-electron chi connectivity index (χ3n) is 2.48. The zero-order chi connectivity index (χ0) is 9.64. The first-order valence-corrected chi connectivity index (χ1v) is 5.16. The second kappa shape index (κ2) is 5.08. The minimum atomic E-state index is 0.379. The third-order valence-corrected chi connectivity index (χ3v) is 2.48. The van der Waals surface area contributed by atoms with Crippen LogP contribution < -0.4 is 5.32 Å². The van der Waals surface area contributed by atoms with E-state index in [1.165, 1.54) is 5.56 Å². The molecule has 2 rings (SSSR count). The van der Waals surface area contributed by atoms with Crippen molar-refractivity contribution in [2.45, 2.75) is 18.9 Å². The molecule has 3 nitrogen and oxygen atoms in total. The number of hydrogen-bond acceptors (Lipinski definition) is 3. The van der Waals surface area contributed by atoms with Crippen molar-refractivity contribution in [1.82, 2.24) is 10.3 Å². The lowest BCUT2D eigenvalue weighted by Gasteiger charge is -2.23. The van der Waals surface area contributed by atoms with Gasteiger partial charge in [0, 0.05) is 25.5 Å². The normalized spacial score (nSPS) is 22.1. The van der Waals surface area contributed by atoms with Crippen LogP contribution in [0.1, 0.15) is 12.0 Å². The summed E-state index contributed by atoms with van der Waals surface area (Å²) in [6.45, 7) is 2.82. The van der Waals surface area contributed by atoms with E-state index < -0.39 is 0 Å². The van der Waals surface area contributed by atoms with Crippen LogP contribution in [-0.2, 0) is 11.2 Å². The molecule has 2 heterocycles. The number of morpholine rings is 1. The van der Waals surface area contributed by atoms with Crippen LogP contribution in [0, 0.1) is 0 Å². The van der Waals surface area contributed by atoms with Crippen molar-refractivity contribution in [3.63, 3.8) is 0 Å². The third kappa shape index (κ3) is 2.79. The lowest BCUT2D eigenvalue weighted by molar-refractivity contribution is 0.0238. The van der Waals surface area contributed by atoms with Crippen LogP contribution in [0.15, 0.2) is 24.5 Å². The molecule has 1 atom stereocenters. The van der Waals surface area contributed by atoms with Gasteiger partial charge in [0.1, 0.15) is 0 Å². The summed E-state index contributed by atoms with van der Waals surface area (Å²) < 4.78 is 5.62. The Labute approximate surface area is 84.5 Å². The molecule has 1 aliphatic rings. The molecule has 0 spiro atoms. The number of pyridine rings is 1. The molecular weight excluding hydrogens is 176 g/mol. The summed E-state index contributed by atoms with van der Waals surface area (Å²) in [6.07, 6.45) is 6.25. The lowest BCUT2D eigenvalue weighted by Crippen LogP contribution is -2.38. The molecule has 0 aliphatic carbocycles. The van der Waals surface area contributed by atoms with Crippen LogP contribution in [-0.4, -0.2) is 30.8 Å². The summed E-state index contributed by atoms with van der Waals surface area (Å²) in [6, 6.07) is 4.10. The van der Waals surface area contributed by atoms with Crippen molar-refractivity contribution in [3.05, 3.63) is 30.1 Å². The monoisotopic (exact) mass is 192 g/mol. The van der Waals surface area contributed by atoms with Crippen LogP contribution in [0.3, 0.4) is 0 Å². The fourth-order valence-corrected chi connectivity index (χ4v) is 1.68. The van der Waals surface area contributed by atoms with Gasteiger partial charge in [0.05, 0.1) is 12.7 Å². The number of aromatic nitrogens is 1. The molecule has 0 radical (unpaired) electrons. The van der Waals surface area contributed by atoms with E-state index in [9.17, 15) is 0 Å². The minimum Gasteiger partial charge on any atom is -0.376 e. The van der Waals surface area contributed by atoms with Crippen LogP contribution >= 0.6 is 0 Å². The molecular formula is C11H16N2O. The second-order valence-electron chi connectivity index (χ2n) is 3.60. The lowest BCUT2D eigenvalue weighted by atomic mass is 10.1. The summed E-state index contributed by atoms with van der Waals surface area (Å²) in [5.41, 5.74) is 1.29. The molecule has 0 unspecified atom stereocenters. The zero-order valence-electron chi connectivity index (χ0n) is 8.28. The van der Waals surface area contributed by atoms with Gasteiger partial charge in [0.25, 0.3) is 0 Å². The summed E-state index contributed by atoms with van der Waals surface area (Å²) in [4.78, 5) is 4.09. The van der Waals surface area contributed by atoms with Gasteiger partial charge in [0.2, 0.25) is 0 Å². The number of ether oxygens (including phenoxy) is 1. The summed E-state index contributed by atoms with van der Waals surface area (Å²) in [5.74, 6) is 0. The predicted octanol–water partition coefficient (Wildman–Crippen LogP) is 1.00. The Hall–Kier alpha value is -0.930. The topological polar surface area (TPSA) is 34.2 Å². The Morgan fingerprint density at radius 2 is 2.57 bits per heavy atom. The van der Waals surface area contributed by atoms with E-state index in [-0.39, 0.29) is 0 Å². The molecule has 76 valence electrons. The Bertz CT molecular complexity index is 257. The SMILES string of the molecule is c1cncc(CC[C@H]2CNCCO2)c1. The molecule has 0 bridgehead atoms. The molecule has 1 N–H and O–H groups in total. The number of nitrogens with one attached hydrogen (secondary N) is 1. The first kappa shape index (κ1) is 9.62. The molecule has 1 saturated heterocycles. The van der Waals surface area contributed by atoms with Gasteiger partial charge in [0.15, 0.2) is 0 Å². The smallest absolute Gasteiger partial charge is 0.0703 e. The van der Waals surface area contributed by atoms with Gasteiger partial charge in [-0.05, 0) is 24.5 Å². The van der Waals surface area contributed by atoms with E-state index in [1.807, 2.05) is 18.5 Å². The highest BCUT2D eigenvalue weighted by molar-refractivity contribution is 5.08. The Morgan fingerprint density at radius 3 is 3.29 bits per heavy atom. The van der Waals surface area contributed by atoms with Crippen molar-refractivity contribution < 1.29 is 4.74 Å². The highest BCUT2D eigenvalue weighted by Crippen LogP contribution is 2.07. The van der Waals surface area contributed by atoms with Crippen LogP contribution in [0.25, 0.3) is 0 Å². The maximum atomic E-state index is 5.62. The maximum Gasteiger partial charge on any atom is 0.0703 e. The number of rotatable bonds is 3. The maximum absolute atomic E-state index is 5.62. The molecule has 1 aromatic heterocycles. The van der Waals surface area contributed by atoms with E-state index in [1.54, 1.807) is 0 Å². The van der Waals surface area contributed by atoms with E-state index in [0.29, 0.717) is 6.10 Å². The average molecular weight is 192 g/mol. The first-order chi connectivity index (χ1) is 6.95. The Kier molecular flexibility index (Phi) is 3.49. The van der Waals surface area contributed by atoms with Gasteiger partial charge in [-0.2, -0.15) is 0 Å². The average Bonchev–Trinajstić information content (AvgIpc) is 2.29. The molecule has 1 aliphatic heterocycles. The largest absolute Gasteiger partial charge is 0.376 e. The van der Waals surface area contributed by atoms with E-state index in [0.717, 1.165) is 32.5 Å². The van der Waals surface area contributed by atoms with Crippen LogP contribution in [0.4, 0.5) is 0 Å². The molecule has 3 heteroatoms. The van der Waals surface area contributed by atoms with Gasteiger partial charge >= 0.3 is 0 Å². The van der Waals surface area contributed by atoms with Gasteiger partial charge in [-0.1, -0.05) is 6.07 Å². The molecule has 1 aromatic rings. The van der Waals surface area contributed by atoms with Crippen molar-refractivity contribution in [3.8, 4) is 0 Å². The molecule has 0 saturated carbocycles. The summed E-state index contributed by atoms with van der Waals surface area (Å²) in [5, 5.41) is 3.33. The predicted molar refractivity (Wildman–Crippen MR) is 55.2 cm³/mol. The summed E-state index contributed by atoms with van der Waals surface area (Å²) >= 11 is 0. The molecule has 0 aromatic carbocycles. The molecule has 0 amide bonds. The molecule has 1 fully saturated rings. The van der Waals surface area contributed by atoms with E-state index in [4.69, 9.17) is 4.74 Å². The van der Waals surface area contributed by atoms with Crippen LogP contribution in [0.5, 0.6) is 0 Å². The minimum absolute atomic E-state index is 0.379. The fourth-order valence-electron chi connectivity index (χ4n) is 1.68. The highest BCUT2D eigenvalue weighted by atomic mass is 16.5. The summed E-state index contributed by atoms with van der Waals surface area (Å²) in [7, 11) is 0. The number of nitrogens with zero attached hydrogens (tertiary/aromatic N) is 1. The number of aryl methyl sites for hydroxylation is 1. The Balaban J connectivity index is 1.76. The van der Waals surface area contributed by atoms with Gasteiger partial charge in [-0.15, -0.1) is 0 Å². The quantitative estimate of drug-likeness (QED) is 0.776. The highest BCUT2D eigenvalue weighted by Gasteiger charge is 2.12. The molecule has 14 heavy (non-hydrogen) atoms. The van der Waals surface area contributed by atoms with Crippen molar-refractivity contribution in [1.29, 1.82) is 0 Å².